The van der Waals surface area contributed by atoms with Crippen molar-refractivity contribution in [2.45, 2.75) is 19.8 Å². The van der Waals surface area contributed by atoms with Gasteiger partial charge in [0.15, 0.2) is 5.13 Å². The van der Waals surface area contributed by atoms with Crippen molar-refractivity contribution in [1.29, 1.82) is 0 Å². The Balaban J connectivity index is 2.27. The summed E-state index contributed by atoms with van der Waals surface area (Å²) in [7, 11) is 0. The quantitative estimate of drug-likeness (QED) is 0.588. The average Bonchev–Trinajstić information content (AvgIpc) is 2.90. The van der Waals surface area contributed by atoms with Crippen LogP contribution in [0.2, 0.25) is 0 Å². The summed E-state index contributed by atoms with van der Waals surface area (Å²) in [5.41, 5.74) is 3.78. The van der Waals surface area contributed by atoms with Gasteiger partial charge in [0.2, 0.25) is 0 Å². The number of nitrogens with one attached hydrogen (secondary N) is 2. The number of nitrogens with two attached hydrogens (primary N) is 1. The summed E-state index contributed by atoms with van der Waals surface area (Å²) >= 11 is 1.37. The van der Waals surface area contributed by atoms with E-state index in [-0.39, 0.29) is 11.8 Å². The molecule has 0 aliphatic carbocycles. The highest BCUT2D eigenvalue weighted by Gasteiger charge is 2.12. The molecule has 1 amide bonds. The highest BCUT2D eigenvalue weighted by molar-refractivity contribution is 7.13. The zero-order valence-corrected chi connectivity index (χ0v) is 11.5. The second-order valence-electron chi connectivity index (χ2n) is 4.26. The number of aromatic nitrogens is 2. The third-order valence-electron chi connectivity index (χ3n) is 2.50. The lowest BCUT2D eigenvalue weighted by molar-refractivity contribution is 0.102. The van der Waals surface area contributed by atoms with Crippen molar-refractivity contribution in [1.82, 2.24) is 9.97 Å². The molecule has 0 saturated heterocycles. The number of nitrogen functional groups attached to an aromatic ring is 1. The molecule has 19 heavy (non-hydrogen) atoms. The predicted octanol–water partition coefficient (Wildman–Crippen LogP) is 2.20. The summed E-state index contributed by atoms with van der Waals surface area (Å²) in [6, 6.07) is 3.36. The Labute approximate surface area is 115 Å². The van der Waals surface area contributed by atoms with Crippen LogP contribution in [0.25, 0.3) is 0 Å². The minimum Gasteiger partial charge on any atom is -0.308 e. The molecule has 6 nitrogen and oxygen atoms in total. The lowest BCUT2D eigenvalue weighted by atomic mass is 10.1. The average molecular weight is 277 g/mol. The zero-order chi connectivity index (χ0) is 13.8. The Morgan fingerprint density at radius 3 is 2.79 bits per heavy atom. The number of hydrogen-bond donors (Lipinski definition) is 3. The van der Waals surface area contributed by atoms with E-state index in [9.17, 15) is 4.79 Å². The lowest BCUT2D eigenvalue weighted by Gasteiger charge is -2.10. The summed E-state index contributed by atoms with van der Waals surface area (Å²) < 4.78 is 0. The van der Waals surface area contributed by atoms with E-state index in [0.29, 0.717) is 16.5 Å². The predicted molar refractivity (Wildman–Crippen MR) is 76.2 cm³/mol. The van der Waals surface area contributed by atoms with Crippen LogP contribution in [0.1, 0.15) is 35.8 Å². The number of carbonyl (C=O) groups is 1. The van der Waals surface area contributed by atoms with Crippen molar-refractivity contribution in [3.8, 4) is 0 Å². The number of hydrogen-bond acceptors (Lipinski definition) is 6. The fourth-order valence-electron chi connectivity index (χ4n) is 1.51. The molecule has 7 heteroatoms. The number of nitrogens with zero attached hydrogens (tertiary/aromatic N) is 2. The number of pyridine rings is 1. The number of amides is 1. The minimum absolute atomic E-state index is 0.208. The van der Waals surface area contributed by atoms with Crippen LogP contribution in [0, 0.1) is 0 Å². The van der Waals surface area contributed by atoms with E-state index in [0.717, 1.165) is 5.69 Å². The van der Waals surface area contributed by atoms with Crippen LogP contribution in [-0.4, -0.2) is 15.9 Å². The first kappa shape index (κ1) is 13.4. The number of anilines is 2. The first-order valence-electron chi connectivity index (χ1n) is 5.79. The van der Waals surface area contributed by atoms with Gasteiger partial charge in [-0.3, -0.25) is 10.1 Å². The molecular weight excluding hydrogens is 262 g/mol. The fourth-order valence-corrected chi connectivity index (χ4v) is 2.03. The molecule has 0 radical (unpaired) electrons. The summed E-state index contributed by atoms with van der Waals surface area (Å²) in [5, 5.41) is 5.09. The Morgan fingerprint density at radius 1 is 1.42 bits per heavy atom. The Hall–Kier alpha value is -1.99. The largest absolute Gasteiger partial charge is 0.308 e. The van der Waals surface area contributed by atoms with E-state index in [4.69, 9.17) is 5.84 Å². The van der Waals surface area contributed by atoms with E-state index in [2.05, 4.69) is 20.7 Å². The zero-order valence-electron chi connectivity index (χ0n) is 10.7. The van der Waals surface area contributed by atoms with E-state index in [1.807, 2.05) is 13.8 Å². The van der Waals surface area contributed by atoms with Gasteiger partial charge in [-0.25, -0.2) is 15.8 Å². The van der Waals surface area contributed by atoms with E-state index < -0.39 is 0 Å². The van der Waals surface area contributed by atoms with Gasteiger partial charge in [0.1, 0.15) is 5.82 Å². The normalized spacial score (nSPS) is 10.5. The number of carbonyl (C=O) groups excluding carboxylic acids is 1. The Kier molecular flexibility index (Phi) is 4.08. The van der Waals surface area contributed by atoms with Crippen molar-refractivity contribution < 1.29 is 4.79 Å². The molecule has 2 aromatic rings. The van der Waals surface area contributed by atoms with Gasteiger partial charge in [0.25, 0.3) is 5.91 Å². The van der Waals surface area contributed by atoms with Gasteiger partial charge in [-0.15, -0.1) is 11.3 Å². The molecular formula is C12H15N5OS. The molecule has 0 spiro atoms. The van der Waals surface area contributed by atoms with E-state index in [1.165, 1.54) is 11.3 Å². The molecule has 0 aliphatic rings. The van der Waals surface area contributed by atoms with Crippen molar-refractivity contribution in [3.05, 3.63) is 35.0 Å². The first-order valence-corrected chi connectivity index (χ1v) is 6.67. The highest BCUT2D eigenvalue weighted by Crippen LogP contribution is 2.19. The SMILES string of the molecule is CC(C)c1cc(C(=O)Nc2nccs2)cc(NN)n1. The van der Waals surface area contributed by atoms with Gasteiger partial charge < -0.3 is 5.43 Å². The summed E-state index contributed by atoms with van der Waals surface area (Å²) in [6.45, 7) is 4.01. The van der Waals surface area contributed by atoms with Gasteiger partial charge >= 0.3 is 0 Å². The number of thiazole rings is 1. The third kappa shape index (κ3) is 3.27. The van der Waals surface area contributed by atoms with Gasteiger partial charge in [-0.2, -0.15) is 0 Å². The van der Waals surface area contributed by atoms with Gasteiger partial charge in [0, 0.05) is 22.8 Å². The number of rotatable bonds is 4. The molecule has 0 fully saturated rings. The van der Waals surface area contributed by atoms with Crippen LogP contribution in [0.5, 0.6) is 0 Å². The van der Waals surface area contributed by atoms with Crippen LogP contribution in [0.3, 0.4) is 0 Å². The van der Waals surface area contributed by atoms with Crippen molar-refractivity contribution >= 4 is 28.2 Å². The lowest BCUT2D eigenvalue weighted by Crippen LogP contribution is -2.15. The molecule has 0 atom stereocenters. The molecule has 2 rings (SSSR count). The molecule has 0 bridgehead atoms. The summed E-state index contributed by atoms with van der Waals surface area (Å²) in [4.78, 5) is 20.4. The monoisotopic (exact) mass is 277 g/mol. The molecule has 100 valence electrons. The second kappa shape index (κ2) is 5.77. The maximum absolute atomic E-state index is 12.1. The topological polar surface area (TPSA) is 92.9 Å². The minimum atomic E-state index is -0.226. The fraction of sp³-hybridized carbons (Fsp3) is 0.250. The van der Waals surface area contributed by atoms with Gasteiger partial charge in [-0.05, 0) is 18.1 Å². The van der Waals surface area contributed by atoms with Gasteiger partial charge in [-0.1, -0.05) is 13.8 Å². The van der Waals surface area contributed by atoms with Crippen LogP contribution in [-0.2, 0) is 0 Å². The Bertz CT molecular complexity index is 568. The van der Waals surface area contributed by atoms with Crippen LogP contribution in [0.4, 0.5) is 10.9 Å². The molecule has 4 N–H and O–H groups in total. The van der Waals surface area contributed by atoms with Crippen molar-refractivity contribution in [3.63, 3.8) is 0 Å². The van der Waals surface area contributed by atoms with Crippen molar-refractivity contribution in [2.75, 3.05) is 10.7 Å². The van der Waals surface area contributed by atoms with E-state index in [1.54, 1.807) is 23.7 Å². The Morgan fingerprint density at radius 2 is 2.21 bits per heavy atom. The molecule has 0 aromatic carbocycles. The summed E-state index contributed by atoms with van der Waals surface area (Å²) in [5.74, 6) is 5.82. The van der Waals surface area contributed by atoms with Crippen LogP contribution < -0.4 is 16.6 Å². The standard InChI is InChI=1S/C12H15N5OS/c1-7(2)9-5-8(6-10(15-9)17-13)11(18)16-12-14-3-4-19-12/h3-7H,13H2,1-2H3,(H,15,17)(H,14,16,18). The third-order valence-corrected chi connectivity index (χ3v) is 3.19. The smallest absolute Gasteiger partial charge is 0.257 e. The van der Waals surface area contributed by atoms with Crippen LogP contribution in [0.15, 0.2) is 23.7 Å². The number of hydrazine groups is 1. The van der Waals surface area contributed by atoms with Crippen molar-refractivity contribution in [2.24, 2.45) is 5.84 Å². The second-order valence-corrected chi connectivity index (χ2v) is 5.15. The molecule has 0 saturated carbocycles. The van der Waals surface area contributed by atoms with Crippen LogP contribution >= 0.6 is 11.3 Å². The van der Waals surface area contributed by atoms with E-state index >= 15 is 0 Å². The molecule has 0 unspecified atom stereocenters. The maximum atomic E-state index is 12.1. The summed E-state index contributed by atoms with van der Waals surface area (Å²) in [6.07, 6.45) is 1.64. The molecule has 2 aromatic heterocycles. The molecule has 2 heterocycles. The highest BCUT2D eigenvalue weighted by atomic mass is 32.1. The first-order chi connectivity index (χ1) is 9.10. The molecule has 0 aliphatic heterocycles. The maximum Gasteiger partial charge on any atom is 0.257 e. The van der Waals surface area contributed by atoms with Gasteiger partial charge in [0.05, 0.1) is 0 Å².